The van der Waals surface area contributed by atoms with Crippen LogP contribution in [0.3, 0.4) is 0 Å². The lowest BCUT2D eigenvalue weighted by Crippen LogP contribution is -2.06. The van der Waals surface area contributed by atoms with Gasteiger partial charge in [0.15, 0.2) is 0 Å². The molecule has 2 rings (SSSR count). The van der Waals surface area contributed by atoms with E-state index in [0.29, 0.717) is 17.4 Å². The summed E-state index contributed by atoms with van der Waals surface area (Å²) in [6.45, 7) is 2.86. The summed E-state index contributed by atoms with van der Waals surface area (Å²) in [6.07, 6.45) is 3.85. The molecule has 1 heterocycles. The molecule has 0 aliphatic rings. The molecular weight excluding hydrogens is 272 g/mol. The van der Waals surface area contributed by atoms with E-state index >= 15 is 0 Å². The van der Waals surface area contributed by atoms with Crippen molar-refractivity contribution in [3.63, 3.8) is 0 Å². The van der Waals surface area contributed by atoms with Gasteiger partial charge < -0.3 is 10.1 Å². The zero-order valence-corrected chi connectivity index (χ0v) is 12.6. The standard InChI is InChI=1S/C16H19ClN2O/c1-3-4-12-5-7-14(8-6-12)20-16-9-13(10-18-2)15(17)11-19-16/h5-9,11,18H,3-4,10H2,1-2H3. The topological polar surface area (TPSA) is 34.1 Å². The number of rotatable bonds is 6. The molecule has 0 fully saturated rings. The first-order valence-electron chi connectivity index (χ1n) is 6.78. The number of halogens is 1. The Bertz CT molecular complexity index is 555. The second-order valence-corrected chi connectivity index (χ2v) is 5.05. The second kappa shape index (κ2) is 7.27. The largest absolute Gasteiger partial charge is 0.439 e. The van der Waals surface area contributed by atoms with Gasteiger partial charge in [0.1, 0.15) is 5.75 Å². The smallest absolute Gasteiger partial charge is 0.219 e. The Morgan fingerprint density at radius 3 is 2.65 bits per heavy atom. The van der Waals surface area contributed by atoms with E-state index in [9.17, 15) is 0 Å². The van der Waals surface area contributed by atoms with Crippen LogP contribution in [0.25, 0.3) is 0 Å². The van der Waals surface area contributed by atoms with Gasteiger partial charge in [-0.2, -0.15) is 0 Å². The molecule has 1 aromatic heterocycles. The van der Waals surface area contributed by atoms with Crippen LogP contribution in [-0.4, -0.2) is 12.0 Å². The van der Waals surface area contributed by atoms with Crippen molar-refractivity contribution in [1.82, 2.24) is 10.3 Å². The molecule has 0 bridgehead atoms. The van der Waals surface area contributed by atoms with Crippen molar-refractivity contribution in [3.8, 4) is 11.6 Å². The van der Waals surface area contributed by atoms with Crippen LogP contribution in [0.1, 0.15) is 24.5 Å². The van der Waals surface area contributed by atoms with Crippen LogP contribution in [0.5, 0.6) is 11.6 Å². The molecule has 106 valence electrons. The molecular formula is C16H19ClN2O. The molecule has 0 amide bonds. The van der Waals surface area contributed by atoms with Gasteiger partial charge in [-0.1, -0.05) is 37.1 Å². The van der Waals surface area contributed by atoms with E-state index in [0.717, 1.165) is 24.2 Å². The van der Waals surface area contributed by atoms with E-state index < -0.39 is 0 Å². The third-order valence-corrected chi connectivity index (χ3v) is 3.30. The van der Waals surface area contributed by atoms with Gasteiger partial charge in [-0.05, 0) is 36.7 Å². The fraction of sp³-hybridized carbons (Fsp3) is 0.312. The number of nitrogens with one attached hydrogen (secondary N) is 1. The molecule has 0 aliphatic heterocycles. The van der Waals surface area contributed by atoms with Gasteiger partial charge in [0, 0.05) is 18.8 Å². The van der Waals surface area contributed by atoms with Crippen molar-refractivity contribution in [2.45, 2.75) is 26.3 Å². The molecule has 0 spiro atoms. The first-order chi connectivity index (χ1) is 9.72. The average Bonchev–Trinajstić information content (AvgIpc) is 2.45. The Hall–Kier alpha value is -1.58. The molecule has 0 saturated carbocycles. The summed E-state index contributed by atoms with van der Waals surface area (Å²) in [5, 5.41) is 3.71. The highest BCUT2D eigenvalue weighted by Gasteiger charge is 2.05. The van der Waals surface area contributed by atoms with Crippen LogP contribution < -0.4 is 10.1 Å². The molecule has 0 radical (unpaired) electrons. The van der Waals surface area contributed by atoms with Crippen LogP contribution in [-0.2, 0) is 13.0 Å². The van der Waals surface area contributed by atoms with Crippen LogP contribution in [0.2, 0.25) is 5.02 Å². The molecule has 4 heteroatoms. The predicted octanol–water partition coefficient (Wildman–Crippen LogP) is 4.20. The number of benzene rings is 1. The number of hydrogen-bond acceptors (Lipinski definition) is 3. The Morgan fingerprint density at radius 2 is 2.00 bits per heavy atom. The number of ether oxygens (including phenoxy) is 1. The first kappa shape index (κ1) is 14.8. The van der Waals surface area contributed by atoms with Crippen molar-refractivity contribution in [3.05, 3.63) is 52.7 Å². The third kappa shape index (κ3) is 3.95. The molecule has 0 unspecified atom stereocenters. The van der Waals surface area contributed by atoms with E-state index in [1.165, 1.54) is 5.56 Å². The van der Waals surface area contributed by atoms with Gasteiger partial charge in [-0.3, -0.25) is 0 Å². The van der Waals surface area contributed by atoms with E-state index in [-0.39, 0.29) is 0 Å². The lowest BCUT2D eigenvalue weighted by molar-refractivity contribution is 0.461. The Kier molecular flexibility index (Phi) is 5.39. The molecule has 0 saturated heterocycles. The number of nitrogens with zero attached hydrogens (tertiary/aromatic N) is 1. The summed E-state index contributed by atoms with van der Waals surface area (Å²) in [5.41, 5.74) is 2.29. The summed E-state index contributed by atoms with van der Waals surface area (Å²) < 4.78 is 5.76. The van der Waals surface area contributed by atoms with E-state index in [2.05, 4.69) is 29.4 Å². The maximum atomic E-state index is 6.08. The molecule has 1 aromatic carbocycles. The Morgan fingerprint density at radius 1 is 1.25 bits per heavy atom. The average molecular weight is 291 g/mol. The maximum absolute atomic E-state index is 6.08. The van der Waals surface area contributed by atoms with E-state index in [4.69, 9.17) is 16.3 Å². The zero-order valence-electron chi connectivity index (χ0n) is 11.8. The SMILES string of the molecule is CCCc1ccc(Oc2cc(CNC)c(Cl)cn2)cc1. The van der Waals surface area contributed by atoms with Crippen LogP contribution in [0, 0.1) is 0 Å². The predicted molar refractivity (Wildman–Crippen MR) is 82.5 cm³/mol. The zero-order chi connectivity index (χ0) is 14.4. The number of aromatic nitrogens is 1. The monoisotopic (exact) mass is 290 g/mol. The highest BCUT2D eigenvalue weighted by molar-refractivity contribution is 6.31. The van der Waals surface area contributed by atoms with Gasteiger partial charge in [-0.15, -0.1) is 0 Å². The lowest BCUT2D eigenvalue weighted by atomic mass is 10.1. The quantitative estimate of drug-likeness (QED) is 0.866. The summed E-state index contributed by atoms with van der Waals surface area (Å²) in [4.78, 5) is 4.19. The van der Waals surface area contributed by atoms with Gasteiger partial charge >= 0.3 is 0 Å². The minimum Gasteiger partial charge on any atom is -0.439 e. The van der Waals surface area contributed by atoms with Crippen LogP contribution in [0.15, 0.2) is 36.5 Å². The minimum absolute atomic E-state index is 0.558. The molecule has 3 nitrogen and oxygen atoms in total. The van der Waals surface area contributed by atoms with E-state index in [1.54, 1.807) is 6.20 Å². The summed E-state index contributed by atoms with van der Waals surface area (Å²) in [6, 6.07) is 9.98. The fourth-order valence-corrected chi connectivity index (χ4v) is 2.14. The molecule has 2 aromatic rings. The van der Waals surface area contributed by atoms with E-state index in [1.807, 2.05) is 25.2 Å². The van der Waals surface area contributed by atoms with Crippen molar-refractivity contribution < 1.29 is 4.74 Å². The van der Waals surface area contributed by atoms with Crippen molar-refractivity contribution in [2.75, 3.05) is 7.05 Å². The molecule has 20 heavy (non-hydrogen) atoms. The first-order valence-corrected chi connectivity index (χ1v) is 7.16. The fourth-order valence-electron chi connectivity index (χ4n) is 1.97. The van der Waals surface area contributed by atoms with Gasteiger partial charge in [0.25, 0.3) is 0 Å². The Labute approximate surface area is 124 Å². The minimum atomic E-state index is 0.558. The summed E-state index contributed by atoms with van der Waals surface area (Å²) in [5.74, 6) is 1.35. The van der Waals surface area contributed by atoms with Crippen LogP contribution >= 0.6 is 11.6 Å². The number of aryl methyl sites for hydroxylation is 1. The van der Waals surface area contributed by atoms with Gasteiger partial charge in [0.2, 0.25) is 5.88 Å². The summed E-state index contributed by atoms with van der Waals surface area (Å²) in [7, 11) is 1.88. The normalized spacial score (nSPS) is 10.6. The van der Waals surface area contributed by atoms with Crippen molar-refractivity contribution in [2.24, 2.45) is 0 Å². The Balaban J connectivity index is 2.11. The van der Waals surface area contributed by atoms with Gasteiger partial charge in [-0.25, -0.2) is 4.98 Å². The maximum Gasteiger partial charge on any atom is 0.219 e. The van der Waals surface area contributed by atoms with Crippen molar-refractivity contribution in [1.29, 1.82) is 0 Å². The van der Waals surface area contributed by atoms with Crippen molar-refractivity contribution >= 4 is 11.6 Å². The lowest BCUT2D eigenvalue weighted by Gasteiger charge is -2.08. The third-order valence-electron chi connectivity index (χ3n) is 2.96. The molecule has 0 aliphatic carbocycles. The molecule has 1 N–H and O–H groups in total. The van der Waals surface area contributed by atoms with Crippen LogP contribution in [0.4, 0.5) is 0 Å². The summed E-state index contributed by atoms with van der Waals surface area (Å²) >= 11 is 6.08. The van der Waals surface area contributed by atoms with Gasteiger partial charge in [0.05, 0.1) is 5.02 Å². The number of hydrogen-bond donors (Lipinski definition) is 1. The highest BCUT2D eigenvalue weighted by atomic mass is 35.5. The highest BCUT2D eigenvalue weighted by Crippen LogP contribution is 2.24. The second-order valence-electron chi connectivity index (χ2n) is 4.64. The number of pyridine rings is 1. The molecule has 0 atom stereocenters.